The lowest BCUT2D eigenvalue weighted by atomic mass is 10.2. The van der Waals surface area contributed by atoms with Crippen LogP contribution in [0.5, 0.6) is 5.75 Å². The number of rotatable bonds is 6. The van der Waals surface area contributed by atoms with Gasteiger partial charge < -0.3 is 15.0 Å². The van der Waals surface area contributed by atoms with Crippen molar-refractivity contribution in [2.45, 2.75) is 11.8 Å². The molecule has 0 aliphatic carbocycles. The maximum Gasteiger partial charge on any atom is 0.272 e. The highest BCUT2D eigenvalue weighted by Gasteiger charge is 2.23. The number of H-pyrrole nitrogens is 1. The third-order valence-corrected chi connectivity index (χ3v) is 6.42. The van der Waals surface area contributed by atoms with Crippen molar-refractivity contribution in [1.82, 2.24) is 9.29 Å². The predicted octanol–water partition coefficient (Wildman–Crippen LogP) is 3.83. The van der Waals surface area contributed by atoms with Crippen molar-refractivity contribution in [3.05, 3.63) is 52.6 Å². The monoisotopic (exact) mass is 465 g/mol. The number of carbonyl (C=O) groups excluding carboxylic acids is 1. The molecular formula is C19H20BrN3O4S. The van der Waals surface area contributed by atoms with Gasteiger partial charge in [-0.1, -0.05) is 22.0 Å². The average molecular weight is 466 g/mol. The third-order valence-electron chi connectivity index (χ3n) is 4.09. The van der Waals surface area contributed by atoms with E-state index in [0.717, 1.165) is 19.7 Å². The number of ether oxygens (including phenoxy) is 1. The molecule has 1 aromatic heterocycles. The molecule has 0 radical (unpaired) electrons. The summed E-state index contributed by atoms with van der Waals surface area (Å²) in [6, 6.07) is 12.0. The summed E-state index contributed by atoms with van der Waals surface area (Å²) >= 11 is 3.40. The Morgan fingerprint density at radius 2 is 1.93 bits per heavy atom. The Bertz CT molecular complexity index is 1140. The van der Waals surface area contributed by atoms with Crippen LogP contribution in [0.2, 0.25) is 0 Å². The second kappa shape index (κ2) is 7.94. The number of hydrogen-bond acceptors (Lipinski definition) is 4. The summed E-state index contributed by atoms with van der Waals surface area (Å²) in [6.45, 7) is 2.10. The third kappa shape index (κ3) is 4.06. The topological polar surface area (TPSA) is 91.5 Å². The number of aromatic amines is 1. The molecule has 9 heteroatoms. The normalized spacial score (nSPS) is 11.8. The Hall–Kier alpha value is -2.36. The molecule has 0 saturated heterocycles. The standard InChI is InChI=1S/C19H20BrN3O4S/c1-4-27-17-8-7-14(11-18(17)28(25,26)23(2)3)21-19(24)16-9-12-5-6-13(20)10-15(12)22-16/h5-11,22H,4H2,1-3H3,(H,21,24). The number of nitrogens with zero attached hydrogens (tertiary/aromatic N) is 1. The van der Waals surface area contributed by atoms with E-state index in [0.29, 0.717) is 18.0 Å². The Morgan fingerprint density at radius 1 is 1.18 bits per heavy atom. The molecule has 0 aliphatic rings. The highest BCUT2D eigenvalue weighted by molar-refractivity contribution is 9.10. The lowest BCUT2D eigenvalue weighted by molar-refractivity contribution is 0.102. The Kier molecular flexibility index (Phi) is 5.78. The van der Waals surface area contributed by atoms with Crippen LogP contribution >= 0.6 is 15.9 Å². The summed E-state index contributed by atoms with van der Waals surface area (Å²) in [5.41, 5.74) is 1.55. The van der Waals surface area contributed by atoms with Crippen LogP contribution in [0.1, 0.15) is 17.4 Å². The smallest absolute Gasteiger partial charge is 0.272 e. The molecule has 0 bridgehead atoms. The molecule has 28 heavy (non-hydrogen) atoms. The molecule has 3 aromatic rings. The summed E-state index contributed by atoms with van der Waals surface area (Å²) in [6.07, 6.45) is 0. The van der Waals surface area contributed by atoms with E-state index in [1.165, 1.54) is 26.2 Å². The number of benzene rings is 2. The molecule has 7 nitrogen and oxygen atoms in total. The van der Waals surface area contributed by atoms with Gasteiger partial charge in [0.2, 0.25) is 10.0 Å². The van der Waals surface area contributed by atoms with E-state index >= 15 is 0 Å². The maximum absolute atomic E-state index is 12.6. The first-order chi connectivity index (χ1) is 13.2. The zero-order chi connectivity index (χ0) is 20.5. The quantitative estimate of drug-likeness (QED) is 0.578. The van der Waals surface area contributed by atoms with E-state index in [1.54, 1.807) is 19.1 Å². The molecule has 0 saturated carbocycles. The highest BCUT2D eigenvalue weighted by atomic mass is 79.9. The number of hydrogen-bond donors (Lipinski definition) is 2. The van der Waals surface area contributed by atoms with Crippen LogP contribution in [0.4, 0.5) is 5.69 Å². The number of carbonyl (C=O) groups is 1. The number of amides is 1. The van der Waals surface area contributed by atoms with Gasteiger partial charge in [0.05, 0.1) is 6.61 Å². The van der Waals surface area contributed by atoms with Crippen molar-refractivity contribution in [1.29, 1.82) is 0 Å². The molecule has 3 rings (SSSR count). The fourth-order valence-corrected chi connectivity index (χ4v) is 4.09. The van der Waals surface area contributed by atoms with E-state index in [9.17, 15) is 13.2 Å². The van der Waals surface area contributed by atoms with E-state index in [1.807, 2.05) is 18.2 Å². The molecular weight excluding hydrogens is 446 g/mol. The zero-order valence-electron chi connectivity index (χ0n) is 15.6. The van der Waals surface area contributed by atoms with Crippen molar-refractivity contribution >= 4 is 48.5 Å². The van der Waals surface area contributed by atoms with Crippen molar-refractivity contribution in [2.24, 2.45) is 0 Å². The highest BCUT2D eigenvalue weighted by Crippen LogP contribution is 2.29. The predicted molar refractivity (Wildman–Crippen MR) is 112 cm³/mol. The van der Waals surface area contributed by atoms with Crippen LogP contribution in [0.15, 0.2) is 51.8 Å². The van der Waals surface area contributed by atoms with Crippen molar-refractivity contribution in [3.63, 3.8) is 0 Å². The van der Waals surface area contributed by atoms with Crippen LogP contribution < -0.4 is 10.1 Å². The van der Waals surface area contributed by atoms with E-state index in [-0.39, 0.29) is 16.6 Å². The minimum atomic E-state index is -3.73. The number of sulfonamides is 1. The second-order valence-electron chi connectivity index (χ2n) is 6.25. The van der Waals surface area contributed by atoms with Gasteiger partial charge in [0.15, 0.2) is 0 Å². The molecule has 0 aliphatic heterocycles. The summed E-state index contributed by atoms with van der Waals surface area (Å²) in [5.74, 6) is -0.130. The molecule has 148 valence electrons. The van der Waals surface area contributed by atoms with Gasteiger partial charge >= 0.3 is 0 Å². The van der Waals surface area contributed by atoms with E-state index < -0.39 is 10.0 Å². The first-order valence-electron chi connectivity index (χ1n) is 8.51. The van der Waals surface area contributed by atoms with Gasteiger partial charge in [-0.05, 0) is 43.3 Å². The van der Waals surface area contributed by atoms with Gasteiger partial charge in [-0.3, -0.25) is 4.79 Å². The van der Waals surface area contributed by atoms with Gasteiger partial charge in [0.1, 0.15) is 16.3 Å². The minimum Gasteiger partial charge on any atom is -0.492 e. The Labute approximate surface area is 171 Å². The molecule has 1 amide bonds. The van der Waals surface area contributed by atoms with Crippen LogP contribution in [0.25, 0.3) is 10.9 Å². The van der Waals surface area contributed by atoms with Crippen LogP contribution in [-0.4, -0.2) is 44.3 Å². The fraction of sp³-hybridized carbons (Fsp3) is 0.211. The maximum atomic E-state index is 12.6. The van der Waals surface area contributed by atoms with Gasteiger partial charge in [0.25, 0.3) is 5.91 Å². The Morgan fingerprint density at radius 3 is 2.61 bits per heavy atom. The van der Waals surface area contributed by atoms with Crippen LogP contribution in [-0.2, 0) is 10.0 Å². The summed E-state index contributed by atoms with van der Waals surface area (Å²) < 4.78 is 32.7. The second-order valence-corrected chi connectivity index (χ2v) is 9.29. The zero-order valence-corrected chi connectivity index (χ0v) is 18.0. The first kappa shape index (κ1) is 20.4. The van der Waals surface area contributed by atoms with Gasteiger partial charge in [-0.2, -0.15) is 0 Å². The molecule has 0 spiro atoms. The SMILES string of the molecule is CCOc1ccc(NC(=O)c2cc3ccc(Br)cc3[nH]2)cc1S(=O)(=O)N(C)C. The largest absolute Gasteiger partial charge is 0.492 e. The number of anilines is 1. The molecule has 0 unspecified atom stereocenters. The first-order valence-corrected chi connectivity index (χ1v) is 10.7. The van der Waals surface area contributed by atoms with Crippen molar-refractivity contribution < 1.29 is 17.9 Å². The molecule has 1 heterocycles. The lowest BCUT2D eigenvalue weighted by Crippen LogP contribution is -2.23. The van der Waals surface area contributed by atoms with Crippen molar-refractivity contribution in [3.8, 4) is 5.75 Å². The number of fused-ring (bicyclic) bond motifs is 1. The summed E-state index contributed by atoms with van der Waals surface area (Å²) in [4.78, 5) is 15.7. The molecule has 2 aromatic carbocycles. The minimum absolute atomic E-state index is 0.00210. The Balaban J connectivity index is 1.93. The van der Waals surface area contributed by atoms with Crippen LogP contribution in [0.3, 0.4) is 0 Å². The van der Waals surface area contributed by atoms with Gasteiger partial charge in [-0.25, -0.2) is 12.7 Å². The molecule has 0 atom stereocenters. The van der Waals surface area contributed by atoms with E-state index in [4.69, 9.17) is 4.74 Å². The molecule has 2 N–H and O–H groups in total. The molecule has 0 fully saturated rings. The van der Waals surface area contributed by atoms with Crippen LogP contribution in [0, 0.1) is 0 Å². The number of halogens is 1. The number of aromatic nitrogens is 1. The summed E-state index contributed by atoms with van der Waals surface area (Å²) in [7, 11) is -0.847. The van der Waals surface area contributed by atoms with Gasteiger partial charge in [-0.15, -0.1) is 0 Å². The number of nitrogens with one attached hydrogen (secondary N) is 2. The van der Waals surface area contributed by atoms with E-state index in [2.05, 4.69) is 26.2 Å². The van der Waals surface area contributed by atoms with Gasteiger partial charge in [0, 0.05) is 35.2 Å². The fourth-order valence-electron chi connectivity index (χ4n) is 2.68. The summed E-state index contributed by atoms with van der Waals surface area (Å²) in [5, 5.41) is 3.63. The lowest BCUT2D eigenvalue weighted by Gasteiger charge is -2.16. The van der Waals surface area contributed by atoms with Crippen molar-refractivity contribution in [2.75, 3.05) is 26.0 Å². The average Bonchev–Trinajstić information content (AvgIpc) is 3.06.